The summed E-state index contributed by atoms with van der Waals surface area (Å²) in [4.78, 5) is 12.0. The summed E-state index contributed by atoms with van der Waals surface area (Å²) >= 11 is 0. The molecule has 2 amide bonds. The molecule has 2 rings (SSSR count). The van der Waals surface area contributed by atoms with E-state index in [1.807, 2.05) is 0 Å². The summed E-state index contributed by atoms with van der Waals surface area (Å²) in [7, 11) is 0. The minimum absolute atomic E-state index is 0.340. The van der Waals surface area contributed by atoms with Crippen molar-refractivity contribution in [3.8, 4) is 5.75 Å². The molecule has 0 heterocycles. The van der Waals surface area contributed by atoms with Gasteiger partial charge < -0.3 is 21.1 Å². The van der Waals surface area contributed by atoms with E-state index < -0.39 is 12.4 Å². The van der Waals surface area contributed by atoms with Gasteiger partial charge in [-0.3, -0.25) is 0 Å². The molecule has 1 aromatic carbocycles. The van der Waals surface area contributed by atoms with E-state index in [0.29, 0.717) is 12.2 Å². The number of ether oxygens (including phenoxy) is 1. The summed E-state index contributed by atoms with van der Waals surface area (Å²) in [5, 5.41) is 5.43. The van der Waals surface area contributed by atoms with Crippen molar-refractivity contribution in [2.75, 3.05) is 11.9 Å². The first-order valence-corrected chi connectivity index (χ1v) is 6.97. The van der Waals surface area contributed by atoms with Crippen LogP contribution in [0.3, 0.4) is 0 Å². The van der Waals surface area contributed by atoms with Crippen molar-refractivity contribution in [2.45, 2.75) is 37.6 Å². The maximum atomic E-state index is 12.0. The van der Waals surface area contributed by atoms with Gasteiger partial charge in [-0.1, -0.05) is 12.8 Å². The normalized spacial score (nSPS) is 17.1. The van der Waals surface area contributed by atoms with E-state index in [2.05, 4.69) is 15.4 Å². The molecule has 0 aromatic heterocycles. The quantitative estimate of drug-likeness (QED) is 0.799. The van der Waals surface area contributed by atoms with Gasteiger partial charge in [-0.25, -0.2) is 4.79 Å². The zero-order valence-corrected chi connectivity index (χ0v) is 11.9. The van der Waals surface area contributed by atoms with E-state index in [9.17, 15) is 18.0 Å². The van der Waals surface area contributed by atoms with Gasteiger partial charge in [0.2, 0.25) is 0 Å². The Balaban J connectivity index is 1.91. The Morgan fingerprint density at radius 1 is 1.23 bits per heavy atom. The number of nitrogens with two attached hydrogens (primary N) is 1. The van der Waals surface area contributed by atoms with E-state index in [1.54, 1.807) is 0 Å². The fourth-order valence-corrected chi connectivity index (χ4v) is 2.58. The molecule has 1 aromatic rings. The number of nitrogens with one attached hydrogen (secondary N) is 2. The Labute approximate surface area is 126 Å². The minimum Gasteiger partial charge on any atom is -0.406 e. The van der Waals surface area contributed by atoms with Crippen molar-refractivity contribution in [3.05, 3.63) is 24.3 Å². The van der Waals surface area contributed by atoms with E-state index in [4.69, 9.17) is 5.73 Å². The number of carbonyl (C=O) groups is 1. The first kappa shape index (κ1) is 16.4. The number of hydrogen-bond donors (Lipinski definition) is 3. The van der Waals surface area contributed by atoms with Crippen molar-refractivity contribution >= 4 is 11.7 Å². The van der Waals surface area contributed by atoms with Crippen LogP contribution in [-0.4, -0.2) is 24.5 Å². The Bertz CT molecular complexity index is 511. The molecule has 0 bridgehead atoms. The number of amides is 2. The molecule has 0 unspecified atom stereocenters. The first-order valence-electron chi connectivity index (χ1n) is 6.97. The molecule has 1 fully saturated rings. The highest BCUT2D eigenvalue weighted by Gasteiger charge is 2.34. The molecule has 0 radical (unpaired) electrons. The van der Waals surface area contributed by atoms with Crippen LogP contribution in [0.2, 0.25) is 0 Å². The molecule has 1 aliphatic rings. The predicted molar refractivity (Wildman–Crippen MR) is 75.5 cm³/mol. The van der Waals surface area contributed by atoms with Gasteiger partial charge in [0.1, 0.15) is 5.75 Å². The summed E-state index contributed by atoms with van der Waals surface area (Å²) < 4.78 is 39.9. The van der Waals surface area contributed by atoms with E-state index in [1.165, 1.54) is 12.1 Å². The highest BCUT2D eigenvalue weighted by Crippen LogP contribution is 2.29. The van der Waals surface area contributed by atoms with Crippen molar-refractivity contribution in [1.29, 1.82) is 0 Å². The second kappa shape index (κ2) is 6.43. The van der Waals surface area contributed by atoms with Crippen LogP contribution in [0.4, 0.5) is 23.7 Å². The van der Waals surface area contributed by atoms with E-state index >= 15 is 0 Å². The number of alkyl halides is 3. The summed E-state index contributed by atoms with van der Waals surface area (Å²) in [6.07, 6.45) is -1.05. The van der Waals surface area contributed by atoms with E-state index in [-0.39, 0.29) is 11.3 Å². The Hall–Kier alpha value is -1.96. The Morgan fingerprint density at radius 2 is 1.82 bits per heavy atom. The van der Waals surface area contributed by atoms with Gasteiger partial charge >= 0.3 is 12.4 Å². The maximum Gasteiger partial charge on any atom is 0.573 e. The molecule has 5 nitrogen and oxygen atoms in total. The van der Waals surface area contributed by atoms with Crippen LogP contribution in [0.1, 0.15) is 25.7 Å². The fourth-order valence-electron chi connectivity index (χ4n) is 2.58. The zero-order chi connectivity index (χ0) is 16.2. The zero-order valence-electron chi connectivity index (χ0n) is 11.9. The molecular weight excluding hydrogens is 299 g/mol. The molecule has 0 atom stereocenters. The topological polar surface area (TPSA) is 76.4 Å². The molecule has 1 saturated carbocycles. The summed E-state index contributed by atoms with van der Waals surface area (Å²) in [6, 6.07) is 4.53. The summed E-state index contributed by atoms with van der Waals surface area (Å²) in [6.45, 7) is 0.360. The molecule has 8 heteroatoms. The molecule has 4 N–H and O–H groups in total. The minimum atomic E-state index is -4.73. The largest absolute Gasteiger partial charge is 0.573 e. The predicted octanol–water partition coefficient (Wildman–Crippen LogP) is 2.98. The molecule has 1 aliphatic carbocycles. The van der Waals surface area contributed by atoms with Gasteiger partial charge in [0.05, 0.1) is 5.54 Å². The molecule has 22 heavy (non-hydrogen) atoms. The number of anilines is 1. The van der Waals surface area contributed by atoms with Crippen molar-refractivity contribution in [2.24, 2.45) is 5.73 Å². The summed E-state index contributed by atoms with van der Waals surface area (Å²) in [5.74, 6) is -0.340. The molecular formula is C14H18F3N3O2. The van der Waals surface area contributed by atoms with Gasteiger partial charge in [-0.15, -0.1) is 13.2 Å². The van der Waals surface area contributed by atoms with Crippen LogP contribution in [-0.2, 0) is 0 Å². The van der Waals surface area contributed by atoms with Crippen molar-refractivity contribution in [1.82, 2.24) is 5.32 Å². The first-order chi connectivity index (χ1) is 10.3. The fraction of sp³-hybridized carbons (Fsp3) is 0.500. The lowest BCUT2D eigenvalue weighted by Gasteiger charge is -2.28. The lowest BCUT2D eigenvalue weighted by Crippen LogP contribution is -2.53. The molecule has 0 saturated heterocycles. The van der Waals surface area contributed by atoms with Crippen molar-refractivity contribution in [3.63, 3.8) is 0 Å². The van der Waals surface area contributed by atoms with Crippen molar-refractivity contribution < 1.29 is 22.7 Å². The number of carbonyl (C=O) groups excluding carboxylic acids is 1. The Morgan fingerprint density at radius 3 is 2.32 bits per heavy atom. The number of benzene rings is 1. The highest BCUT2D eigenvalue weighted by molar-refractivity contribution is 5.89. The third-order valence-corrected chi connectivity index (χ3v) is 3.68. The third-order valence-electron chi connectivity index (χ3n) is 3.68. The van der Waals surface area contributed by atoms with Gasteiger partial charge in [-0.2, -0.15) is 0 Å². The summed E-state index contributed by atoms with van der Waals surface area (Å²) in [5.41, 5.74) is 5.71. The van der Waals surface area contributed by atoms with Gasteiger partial charge in [0, 0.05) is 12.2 Å². The smallest absolute Gasteiger partial charge is 0.406 e. The number of hydrogen-bond acceptors (Lipinski definition) is 3. The number of rotatable bonds is 4. The third kappa shape index (κ3) is 4.52. The van der Waals surface area contributed by atoms with Crippen LogP contribution in [0, 0.1) is 0 Å². The van der Waals surface area contributed by atoms with Crippen LogP contribution in [0.5, 0.6) is 5.75 Å². The average molecular weight is 317 g/mol. The van der Waals surface area contributed by atoms with Crippen LogP contribution in [0.15, 0.2) is 24.3 Å². The second-order valence-electron chi connectivity index (χ2n) is 5.34. The molecule has 0 aliphatic heterocycles. The SMILES string of the molecule is NCC1(NC(=O)Nc2ccc(OC(F)(F)F)cc2)CCCC1. The lowest BCUT2D eigenvalue weighted by molar-refractivity contribution is -0.274. The lowest BCUT2D eigenvalue weighted by atomic mass is 9.98. The Kier molecular flexibility index (Phi) is 4.80. The number of halogens is 3. The maximum absolute atomic E-state index is 12.0. The van der Waals surface area contributed by atoms with Gasteiger partial charge in [-0.05, 0) is 37.1 Å². The second-order valence-corrected chi connectivity index (χ2v) is 5.34. The highest BCUT2D eigenvalue weighted by atomic mass is 19.4. The number of urea groups is 1. The van der Waals surface area contributed by atoms with Crippen LogP contribution >= 0.6 is 0 Å². The average Bonchev–Trinajstić information content (AvgIpc) is 2.88. The monoisotopic (exact) mass is 317 g/mol. The standard InChI is InChI=1S/C14H18F3N3O2/c15-14(16,17)22-11-5-3-10(4-6-11)19-12(21)20-13(9-18)7-1-2-8-13/h3-6H,1-2,7-9,18H2,(H2,19,20,21). The molecule has 122 valence electrons. The molecule has 0 spiro atoms. The van der Waals surface area contributed by atoms with Gasteiger partial charge in [0.15, 0.2) is 0 Å². The van der Waals surface area contributed by atoms with Gasteiger partial charge in [0.25, 0.3) is 0 Å². The van der Waals surface area contributed by atoms with Crippen LogP contribution in [0.25, 0.3) is 0 Å². The van der Waals surface area contributed by atoms with Crippen LogP contribution < -0.4 is 21.1 Å². The van der Waals surface area contributed by atoms with E-state index in [0.717, 1.165) is 37.8 Å².